The van der Waals surface area contributed by atoms with Gasteiger partial charge in [-0.3, -0.25) is 4.79 Å². The molecule has 0 radical (unpaired) electrons. The van der Waals surface area contributed by atoms with Crippen molar-refractivity contribution in [2.75, 3.05) is 26.2 Å². The smallest absolute Gasteiger partial charge is 0.253 e. The summed E-state index contributed by atoms with van der Waals surface area (Å²) in [6, 6.07) is 16.2. The van der Waals surface area contributed by atoms with Crippen LogP contribution in [0.3, 0.4) is 0 Å². The van der Waals surface area contributed by atoms with Crippen LogP contribution in [0.25, 0.3) is 0 Å². The zero-order valence-corrected chi connectivity index (χ0v) is 16.4. The molecule has 2 aromatic carbocycles. The average Bonchev–Trinajstić information content (AvgIpc) is 3.17. The number of nitrogens with one attached hydrogen (secondary N) is 1. The molecular weight excluding hydrogens is 374 g/mol. The molecule has 1 aliphatic heterocycles. The lowest BCUT2D eigenvalue weighted by Crippen LogP contribution is -2.30. The van der Waals surface area contributed by atoms with Gasteiger partial charge in [-0.25, -0.2) is 13.1 Å². The third-order valence-electron chi connectivity index (χ3n) is 5.07. The number of carbonyl (C=O) groups excluding carboxylic acids is 1. The summed E-state index contributed by atoms with van der Waals surface area (Å²) in [6.07, 6.45) is 1.47. The van der Waals surface area contributed by atoms with Crippen molar-refractivity contribution in [3.05, 3.63) is 78.4 Å². The topological polar surface area (TPSA) is 92.5 Å². The molecular formula is C21H25N3O3S. The van der Waals surface area contributed by atoms with Crippen molar-refractivity contribution in [3.8, 4) is 0 Å². The van der Waals surface area contributed by atoms with E-state index in [9.17, 15) is 13.2 Å². The number of nitrogens with zero attached hydrogens (tertiary/aromatic N) is 1. The van der Waals surface area contributed by atoms with Crippen molar-refractivity contribution >= 4 is 15.9 Å². The van der Waals surface area contributed by atoms with Crippen LogP contribution in [0.1, 0.15) is 21.8 Å². The number of amides is 1. The second-order valence-electron chi connectivity index (χ2n) is 6.89. The quantitative estimate of drug-likeness (QED) is 0.696. The third-order valence-corrected chi connectivity index (χ3v) is 6.49. The first-order chi connectivity index (χ1) is 13.5. The summed E-state index contributed by atoms with van der Waals surface area (Å²) in [5, 5.41) is 0. The van der Waals surface area contributed by atoms with Crippen molar-refractivity contribution in [2.24, 2.45) is 11.7 Å². The molecule has 0 aliphatic carbocycles. The lowest BCUT2D eigenvalue weighted by atomic mass is 9.89. The highest BCUT2D eigenvalue weighted by atomic mass is 32.2. The van der Waals surface area contributed by atoms with E-state index in [2.05, 4.69) is 23.4 Å². The highest BCUT2D eigenvalue weighted by molar-refractivity contribution is 7.89. The Hall–Kier alpha value is -2.48. The van der Waals surface area contributed by atoms with E-state index in [4.69, 9.17) is 5.73 Å². The fourth-order valence-corrected chi connectivity index (χ4v) is 4.63. The maximum absolute atomic E-state index is 13.0. The molecule has 2 atom stereocenters. The molecule has 1 aliphatic rings. The van der Waals surface area contributed by atoms with Crippen LogP contribution in [-0.2, 0) is 10.0 Å². The van der Waals surface area contributed by atoms with Crippen molar-refractivity contribution in [1.82, 2.24) is 9.62 Å². The minimum absolute atomic E-state index is 0.0642. The molecule has 0 bridgehead atoms. The molecule has 148 valence electrons. The Morgan fingerprint density at radius 1 is 1.18 bits per heavy atom. The van der Waals surface area contributed by atoms with E-state index in [1.54, 1.807) is 17.0 Å². The molecule has 1 heterocycles. The Bertz CT molecular complexity index is 944. The maximum atomic E-state index is 13.0. The van der Waals surface area contributed by atoms with E-state index in [0.29, 0.717) is 25.2 Å². The van der Waals surface area contributed by atoms with Gasteiger partial charge in [-0.1, -0.05) is 42.5 Å². The molecule has 0 aromatic heterocycles. The third kappa shape index (κ3) is 4.32. The Kier molecular flexibility index (Phi) is 6.28. The summed E-state index contributed by atoms with van der Waals surface area (Å²) >= 11 is 0. The predicted octanol–water partition coefficient (Wildman–Crippen LogP) is 1.97. The van der Waals surface area contributed by atoms with Gasteiger partial charge >= 0.3 is 0 Å². The minimum Gasteiger partial charge on any atom is -0.338 e. The van der Waals surface area contributed by atoms with Gasteiger partial charge in [0, 0.05) is 31.1 Å². The molecule has 0 spiro atoms. The molecule has 6 nitrogen and oxygen atoms in total. The fourth-order valence-electron chi connectivity index (χ4n) is 3.58. The molecule has 1 saturated heterocycles. The highest BCUT2D eigenvalue weighted by Gasteiger charge is 2.35. The van der Waals surface area contributed by atoms with E-state index in [1.807, 2.05) is 18.2 Å². The van der Waals surface area contributed by atoms with Crippen LogP contribution < -0.4 is 10.5 Å². The lowest BCUT2D eigenvalue weighted by molar-refractivity contribution is 0.0786. The Morgan fingerprint density at radius 3 is 2.61 bits per heavy atom. The van der Waals surface area contributed by atoms with E-state index in [0.717, 1.165) is 0 Å². The number of rotatable bonds is 7. The van der Waals surface area contributed by atoms with Gasteiger partial charge in [-0.05, 0) is 36.2 Å². The second-order valence-corrected chi connectivity index (χ2v) is 8.66. The van der Waals surface area contributed by atoms with Crippen LogP contribution in [-0.4, -0.2) is 45.4 Å². The van der Waals surface area contributed by atoms with Gasteiger partial charge in [0.1, 0.15) is 0 Å². The van der Waals surface area contributed by atoms with Gasteiger partial charge in [0.15, 0.2) is 0 Å². The molecule has 3 rings (SSSR count). The van der Waals surface area contributed by atoms with E-state index in [-0.39, 0.29) is 29.2 Å². The van der Waals surface area contributed by atoms with Crippen LogP contribution in [0.15, 0.2) is 72.1 Å². The molecule has 0 unspecified atom stereocenters. The number of likely N-dealkylation sites (tertiary alicyclic amines) is 1. The first-order valence-corrected chi connectivity index (χ1v) is 10.7. The number of hydrogen-bond acceptors (Lipinski definition) is 4. The van der Waals surface area contributed by atoms with Crippen LogP contribution in [0, 0.1) is 5.92 Å². The summed E-state index contributed by atoms with van der Waals surface area (Å²) in [5.74, 6) is 0.168. The molecule has 0 saturated carbocycles. The summed E-state index contributed by atoms with van der Waals surface area (Å²) in [4.78, 5) is 14.9. The van der Waals surface area contributed by atoms with Crippen LogP contribution in [0.5, 0.6) is 0 Å². The van der Waals surface area contributed by atoms with Crippen molar-refractivity contribution in [1.29, 1.82) is 0 Å². The van der Waals surface area contributed by atoms with Crippen LogP contribution in [0.4, 0.5) is 0 Å². The number of benzene rings is 2. The Labute approximate surface area is 166 Å². The zero-order chi connectivity index (χ0) is 20.1. The van der Waals surface area contributed by atoms with Crippen LogP contribution >= 0.6 is 0 Å². The molecule has 1 amide bonds. The summed E-state index contributed by atoms with van der Waals surface area (Å²) in [5.41, 5.74) is 7.47. The second kappa shape index (κ2) is 8.68. The molecule has 2 aromatic rings. The van der Waals surface area contributed by atoms with Crippen molar-refractivity contribution in [2.45, 2.75) is 10.8 Å². The van der Waals surface area contributed by atoms with Gasteiger partial charge < -0.3 is 10.6 Å². The molecule has 7 heteroatoms. The first kappa shape index (κ1) is 20.3. The number of sulfonamides is 1. The largest absolute Gasteiger partial charge is 0.338 e. The zero-order valence-electron chi connectivity index (χ0n) is 15.6. The van der Waals surface area contributed by atoms with Gasteiger partial charge in [0.25, 0.3) is 5.91 Å². The SMILES string of the molecule is C=CCNS(=O)(=O)c1cccc(C(=O)N2C[C@@H](CN)[C@H](c3ccccc3)C2)c1. The Morgan fingerprint density at radius 2 is 1.93 bits per heavy atom. The van der Waals surface area contributed by atoms with E-state index >= 15 is 0 Å². The highest BCUT2D eigenvalue weighted by Crippen LogP contribution is 2.33. The standard InChI is InChI=1S/C21H25N3O3S/c1-2-11-23-28(26,27)19-10-6-9-17(12-19)21(25)24-14-18(13-22)20(15-24)16-7-4-3-5-8-16/h2-10,12,18,20,23H,1,11,13-15,22H2/t18-,20+/m1/s1. The summed E-state index contributed by atoms with van der Waals surface area (Å²) in [6.45, 7) is 5.24. The van der Waals surface area contributed by atoms with Gasteiger partial charge in [-0.2, -0.15) is 0 Å². The molecule has 3 N–H and O–H groups in total. The number of hydrogen-bond donors (Lipinski definition) is 2. The maximum Gasteiger partial charge on any atom is 0.253 e. The lowest BCUT2D eigenvalue weighted by Gasteiger charge is -2.17. The number of nitrogens with two attached hydrogens (primary N) is 1. The van der Waals surface area contributed by atoms with E-state index < -0.39 is 10.0 Å². The first-order valence-electron chi connectivity index (χ1n) is 9.21. The fraction of sp³-hybridized carbons (Fsp3) is 0.286. The van der Waals surface area contributed by atoms with Gasteiger partial charge in [-0.15, -0.1) is 6.58 Å². The van der Waals surface area contributed by atoms with E-state index in [1.165, 1.54) is 23.8 Å². The monoisotopic (exact) mass is 399 g/mol. The number of carbonyl (C=O) groups is 1. The van der Waals surface area contributed by atoms with Gasteiger partial charge in [0.05, 0.1) is 4.90 Å². The minimum atomic E-state index is -3.68. The Balaban J connectivity index is 1.81. The molecule has 28 heavy (non-hydrogen) atoms. The predicted molar refractivity (Wildman–Crippen MR) is 109 cm³/mol. The van der Waals surface area contributed by atoms with Crippen molar-refractivity contribution in [3.63, 3.8) is 0 Å². The van der Waals surface area contributed by atoms with Gasteiger partial charge in [0.2, 0.25) is 10.0 Å². The normalized spacial score (nSPS) is 19.5. The van der Waals surface area contributed by atoms with Crippen molar-refractivity contribution < 1.29 is 13.2 Å². The summed E-state index contributed by atoms with van der Waals surface area (Å²) < 4.78 is 27.1. The molecule has 1 fully saturated rings. The summed E-state index contributed by atoms with van der Waals surface area (Å²) in [7, 11) is -3.68. The average molecular weight is 400 g/mol. The van der Waals surface area contributed by atoms with Crippen LogP contribution in [0.2, 0.25) is 0 Å².